The van der Waals surface area contributed by atoms with Crippen molar-refractivity contribution < 1.29 is 19.1 Å². The average Bonchev–Trinajstić information content (AvgIpc) is 2.72. The average molecular weight is 404 g/mol. The standard InChI is InChI=1S/C15H19NO2.C7H14N2O2/c1-3-5-12(2)11-18-15-7-4-6-13(9-15)8-14(16)10-17;1-9-5-3-4-6(8-9)7(10)11-2/h3-7,9-10,14H,1,8,11,16H2,2H3;6,8H,3-5H2,1-2H3/b12-5+;. The number of allylic oxidation sites excluding steroid dienone is 2. The molecule has 0 saturated carbocycles. The van der Waals surface area contributed by atoms with Crippen molar-refractivity contribution in [3.63, 3.8) is 0 Å². The molecule has 1 saturated heterocycles. The number of hydrogen-bond donors (Lipinski definition) is 2. The lowest BCUT2D eigenvalue weighted by atomic mass is 10.1. The summed E-state index contributed by atoms with van der Waals surface area (Å²) in [5.41, 5.74) is 10.7. The summed E-state index contributed by atoms with van der Waals surface area (Å²) in [4.78, 5) is 21.5. The topological polar surface area (TPSA) is 93.9 Å². The van der Waals surface area contributed by atoms with Crippen molar-refractivity contribution in [1.82, 2.24) is 10.4 Å². The molecule has 1 aromatic carbocycles. The van der Waals surface area contributed by atoms with E-state index in [1.165, 1.54) is 7.11 Å². The molecule has 1 aliphatic rings. The van der Waals surface area contributed by atoms with E-state index in [1.54, 1.807) is 6.08 Å². The van der Waals surface area contributed by atoms with Gasteiger partial charge in [-0.2, -0.15) is 0 Å². The first kappa shape index (κ1) is 24.6. The van der Waals surface area contributed by atoms with Gasteiger partial charge in [0, 0.05) is 13.6 Å². The van der Waals surface area contributed by atoms with Crippen LogP contribution in [0.25, 0.3) is 0 Å². The second-order valence-corrected chi connectivity index (χ2v) is 6.96. The van der Waals surface area contributed by atoms with Gasteiger partial charge in [-0.15, -0.1) is 0 Å². The van der Waals surface area contributed by atoms with Crippen molar-refractivity contribution >= 4 is 12.3 Å². The molecule has 160 valence electrons. The van der Waals surface area contributed by atoms with E-state index >= 15 is 0 Å². The van der Waals surface area contributed by atoms with E-state index in [-0.39, 0.29) is 12.0 Å². The number of nitrogens with zero attached hydrogens (tertiary/aromatic N) is 1. The van der Waals surface area contributed by atoms with Crippen LogP contribution in [0, 0.1) is 0 Å². The van der Waals surface area contributed by atoms with Gasteiger partial charge in [0.1, 0.15) is 24.7 Å². The number of benzene rings is 1. The Hall–Kier alpha value is -2.48. The van der Waals surface area contributed by atoms with Crippen molar-refractivity contribution in [2.24, 2.45) is 5.73 Å². The molecule has 1 heterocycles. The van der Waals surface area contributed by atoms with Crippen LogP contribution in [0.4, 0.5) is 0 Å². The number of methoxy groups -OCH3 is 1. The lowest BCUT2D eigenvalue weighted by molar-refractivity contribution is -0.145. The fraction of sp³-hybridized carbons (Fsp3) is 0.455. The molecule has 3 N–H and O–H groups in total. The van der Waals surface area contributed by atoms with Crippen LogP contribution in [-0.2, 0) is 20.7 Å². The van der Waals surface area contributed by atoms with Gasteiger partial charge < -0.3 is 20.0 Å². The van der Waals surface area contributed by atoms with Crippen molar-refractivity contribution in [1.29, 1.82) is 0 Å². The molecule has 0 amide bonds. The molecule has 2 rings (SSSR count). The number of hydrazine groups is 1. The van der Waals surface area contributed by atoms with Crippen molar-refractivity contribution in [3.05, 3.63) is 54.1 Å². The highest BCUT2D eigenvalue weighted by Gasteiger charge is 2.23. The highest BCUT2D eigenvalue weighted by molar-refractivity contribution is 5.75. The van der Waals surface area contributed by atoms with Crippen LogP contribution in [0.5, 0.6) is 5.75 Å². The first-order chi connectivity index (χ1) is 13.9. The Bertz CT molecular complexity index is 690. The predicted octanol–water partition coefficient (Wildman–Crippen LogP) is 2.02. The Balaban J connectivity index is 0.000000326. The number of carbonyl (C=O) groups excluding carboxylic acids is 2. The molecular weight excluding hydrogens is 370 g/mol. The monoisotopic (exact) mass is 403 g/mol. The van der Waals surface area contributed by atoms with E-state index in [0.717, 1.165) is 42.6 Å². The molecule has 7 heteroatoms. The van der Waals surface area contributed by atoms with E-state index < -0.39 is 6.04 Å². The number of aldehydes is 1. The Labute approximate surface area is 173 Å². The normalized spacial score (nSPS) is 18.1. The molecule has 7 nitrogen and oxygen atoms in total. The largest absolute Gasteiger partial charge is 0.489 e. The van der Waals surface area contributed by atoms with Crippen LogP contribution in [0.2, 0.25) is 0 Å². The van der Waals surface area contributed by atoms with E-state index in [4.69, 9.17) is 10.5 Å². The molecule has 2 atom stereocenters. The maximum Gasteiger partial charge on any atom is 0.324 e. The van der Waals surface area contributed by atoms with Crippen LogP contribution >= 0.6 is 0 Å². The maximum absolute atomic E-state index is 11.0. The summed E-state index contributed by atoms with van der Waals surface area (Å²) in [5, 5.41) is 1.92. The van der Waals surface area contributed by atoms with Gasteiger partial charge in [-0.05, 0) is 49.5 Å². The Morgan fingerprint density at radius 3 is 2.86 bits per heavy atom. The van der Waals surface area contributed by atoms with Gasteiger partial charge in [0.15, 0.2) is 0 Å². The van der Waals surface area contributed by atoms with Gasteiger partial charge in [0.2, 0.25) is 0 Å². The first-order valence-electron chi connectivity index (χ1n) is 9.65. The number of nitrogens with two attached hydrogens (primary N) is 1. The summed E-state index contributed by atoms with van der Waals surface area (Å²) in [6, 6.07) is 7.03. The minimum absolute atomic E-state index is 0.140. The van der Waals surface area contributed by atoms with Crippen molar-refractivity contribution in [2.45, 2.75) is 38.3 Å². The Morgan fingerprint density at radius 1 is 1.48 bits per heavy atom. The number of nitrogens with one attached hydrogen (secondary N) is 1. The van der Waals surface area contributed by atoms with Crippen LogP contribution in [-0.4, -0.2) is 56.7 Å². The molecule has 0 spiro atoms. The van der Waals surface area contributed by atoms with E-state index in [1.807, 2.05) is 49.3 Å². The van der Waals surface area contributed by atoms with E-state index in [0.29, 0.717) is 13.0 Å². The summed E-state index contributed by atoms with van der Waals surface area (Å²) in [6.07, 6.45) is 6.84. The van der Waals surface area contributed by atoms with Gasteiger partial charge in [0.25, 0.3) is 0 Å². The van der Waals surface area contributed by atoms with Gasteiger partial charge in [-0.1, -0.05) is 30.9 Å². The fourth-order valence-electron chi connectivity index (χ4n) is 2.77. The number of ether oxygens (including phenoxy) is 2. The maximum atomic E-state index is 11.0. The molecule has 2 unspecified atom stereocenters. The Kier molecular flexibility index (Phi) is 11.6. The fourth-order valence-corrected chi connectivity index (χ4v) is 2.77. The summed E-state index contributed by atoms with van der Waals surface area (Å²) >= 11 is 0. The molecule has 0 radical (unpaired) electrons. The minimum Gasteiger partial charge on any atom is -0.489 e. The molecular formula is C22H33N3O4. The number of esters is 1. The molecule has 0 aromatic heterocycles. The highest BCUT2D eigenvalue weighted by Crippen LogP contribution is 2.15. The first-order valence-corrected chi connectivity index (χ1v) is 9.65. The second kappa shape index (κ2) is 13.7. The molecule has 29 heavy (non-hydrogen) atoms. The third-order valence-corrected chi connectivity index (χ3v) is 4.26. The van der Waals surface area contributed by atoms with E-state index in [9.17, 15) is 9.59 Å². The number of carbonyl (C=O) groups is 2. The second-order valence-electron chi connectivity index (χ2n) is 6.96. The molecule has 0 aliphatic carbocycles. The minimum atomic E-state index is -0.456. The molecule has 1 aliphatic heterocycles. The quantitative estimate of drug-likeness (QED) is 0.390. The number of hydrogen-bond acceptors (Lipinski definition) is 7. The summed E-state index contributed by atoms with van der Waals surface area (Å²) < 4.78 is 10.2. The lowest BCUT2D eigenvalue weighted by Gasteiger charge is -2.29. The van der Waals surface area contributed by atoms with Gasteiger partial charge >= 0.3 is 5.97 Å². The van der Waals surface area contributed by atoms with Gasteiger partial charge in [-0.25, -0.2) is 10.4 Å². The van der Waals surface area contributed by atoms with Crippen molar-refractivity contribution in [3.8, 4) is 5.75 Å². The lowest BCUT2D eigenvalue weighted by Crippen LogP contribution is -2.51. The smallest absolute Gasteiger partial charge is 0.324 e. The van der Waals surface area contributed by atoms with Crippen LogP contribution < -0.4 is 15.9 Å². The van der Waals surface area contributed by atoms with Crippen LogP contribution in [0.15, 0.2) is 48.6 Å². The highest BCUT2D eigenvalue weighted by atomic mass is 16.5. The van der Waals surface area contributed by atoms with Gasteiger partial charge in [0.05, 0.1) is 13.2 Å². The third-order valence-electron chi connectivity index (χ3n) is 4.26. The summed E-state index contributed by atoms with van der Waals surface area (Å²) in [7, 11) is 3.34. The third kappa shape index (κ3) is 10.0. The molecule has 1 fully saturated rings. The summed E-state index contributed by atoms with van der Waals surface area (Å²) in [5.74, 6) is 0.610. The zero-order chi connectivity index (χ0) is 21.6. The number of rotatable bonds is 8. The molecule has 0 bridgehead atoms. The SMILES string of the molecule is C=C/C=C(\C)COc1cccc(CC(N)C=O)c1.COC(=O)C1CCCN(C)N1. The van der Waals surface area contributed by atoms with Crippen LogP contribution in [0.3, 0.4) is 0 Å². The Morgan fingerprint density at radius 2 is 2.24 bits per heavy atom. The van der Waals surface area contributed by atoms with E-state index in [2.05, 4.69) is 16.7 Å². The molecule has 1 aromatic rings. The zero-order valence-corrected chi connectivity index (χ0v) is 17.6. The zero-order valence-electron chi connectivity index (χ0n) is 17.6. The summed E-state index contributed by atoms with van der Waals surface area (Å²) in [6.45, 7) is 7.13. The van der Waals surface area contributed by atoms with Crippen molar-refractivity contribution in [2.75, 3.05) is 27.3 Å². The van der Waals surface area contributed by atoms with Gasteiger partial charge in [-0.3, -0.25) is 4.79 Å². The van der Waals surface area contributed by atoms with Crippen LogP contribution in [0.1, 0.15) is 25.3 Å². The predicted molar refractivity (Wildman–Crippen MR) is 114 cm³/mol.